The average Bonchev–Trinajstić information content (AvgIpc) is 2.53. The van der Waals surface area contributed by atoms with Crippen LogP contribution >= 0.6 is 0 Å². The number of methoxy groups -OCH3 is 2. The average molecular weight is 308 g/mol. The lowest BCUT2D eigenvalue weighted by Gasteiger charge is -2.35. The lowest BCUT2D eigenvalue weighted by Crippen LogP contribution is -2.50. The summed E-state index contributed by atoms with van der Waals surface area (Å²) in [5, 5.41) is 9.42. The van der Waals surface area contributed by atoms with E-state index in [4.69, 9.17) is 9.47 Å². The van der Waals surface area contributed by atoms with E-state index in [1.807, 2.05) is 4.90 Å². The van der Waals surface area contributed by atoms with E-state index in [0.717, 1.165) is 13.1 Å². The third-order valence-electron chi connectivity index (χ3n) is 3.82. The monoisotopic (exact) mass is 308 g/mol. The number of carbonyl (C=O) groups excluding carboxylic acids is 1. The van der Waals surface area contributed by atoms with Gasteiger partial charge in [0.1, 0.15) is 11.5 Å². The summed E-state index contributed by atoms with van der Waals surface area (Å²) in [5.41, 5.74) is 0.548. The Labute approximate surface area is 131 Å². The molecule has 1 saturated heterocycles. The highest BCUT2D eigenvalue weighted by Crippen LogP contribution is 2.26. The van der Waals surface area contributed by atoms with Crippen LogP contribution in [0.4, 0.5) is 0 Å². The first kappa shape index (κ1) is 16.6. The van der Waals surface area contributed by atoms with Crippen LogP contribution in [0.2, 0.25) is 0 Å². The highest BCUT2D eigenvalue weighted by Gasteiger charge is 2.24. The zero-order chi connectivity index (χ0) is 16.1. The number of piperazine rings is 1. The van der Waals surface area contributed by atoms with E-state index in [0.29, 0.717) is 36.7 Å². The number of β-amino-alcohol motifs (C(OH)–C–C–N with tert-alkyl or cyclic N) is 1. The van der Waals surface area contributed by atoms with Gasteiger partial charge in [0, 0.05) is 38.8 Å². The van der Waals surface area contributed by atoms with Gasteiger partial charge in [0.2, 0.25) is 0 Å². The number of aliphatic hydroxyl groups is 1. The number of amides is 1. The van der Waals surface area contributed by atoms with Crippen LogP contribution < -0.4 is 9.47 Å². The molecular formula is C16H24N2O4. The second kappa shape index (κ2) is 7.47. The number of ether oxygens (including phenoxy) is 2. The maximum absolute atomic E-state index is 12.6. The molecule has 1 aliphatic heterocycles. The number of hydrogen-bond donors (Lipinski definition) is 1. The van der Waals surface area contributed by atoms with Crippen molar-refractivity contribution in [2.45, 2.75) is 13.0 Å². The molecule has 0 saturated carbocycles. The van der Waals surface area contributed by atoms with Crippen molar-refractivity contribution in [3.8, 4) is 11.5 Å². The largest absolute Gasteiger partial charge is 0.497 e. The molecule has 122 valence electrons. The summed E-state index contributed by atoms with van der Waals surface area (Å²) in [7, 11) is 3.13. The van der Waals surface area contributed by atoms with E-state index in [1.165, 1.54) is 0 Å². The Bertz CT molecular complexity index is 511. The fraction of sp³-hybridized carbons (Fsp3) is 0.562. The van der Waals surface area contributed by atoms with Gasteiger partial charge in [-0.2, -0.15) is 0 Å². The molecule has 0 radical (unpaired) electrons. The molecule has 22 heavy (non-hydrogen) atoms. The summed E-state index contributed by atoms with van der Waals surface area (Å²) in [6.45, 7) is 5.28. The van der Waals surface area contributed by atoms with Crippen LogP contribution in [0, 0.1) is 0 Å². The fourth-order valence-corrected chi connectivity index (χ4v) is 2.65. The molecule has 0 aliphatic carbocycles. The first-order valence-electron chi connectivity index (χ1n) is 7.47. The second-order valence-corrected chi connectivity index (χ2v) is 5.51. The Morgan fingerprint density at radius 1 is 1.23 bits per heavy atom. The summed E-state index contributed by atoms with van der Waals surface area (Å²) in [6, 6.07) is 5.22. The minimum Gasteiger partial charge on any atom is -0.497 e. The van der Waals surface area contributed by atoms with E-state index >= 15 is 0 Å². The van der Waals surface area contributed by atoms with Crippen molar-refractivity contribution < 1.29 is 19.4 Å². The predicted octanol–water partition coefficient (Wildman–Crippen LogP) is 0.842. The van der Waals surface area contributed by atoms with Gasteiger partial charge in [-0.05, 0) is 19.1 Å². The Kier molecular flexibility index (Phi) is 5.63. The van der Waals surface area contributed by atoms with E-state index in [9.17, 15) is 9.90 Å². The van der Waals surface area contributed by atoms with Gasteiger partial charge < -0.3 is 19.5 Å². The van der Waals surface area contributed by atoms with Crippen molar-refractivity contribution in [2.24, 2.45) is 0 Å². The molecule has 0 spiro atoms. The SMILES string of the molecule is COc1ccc(C(=O)N2CCN(CC(C)O)CC2)c(OC)c1. The van der Waals surface area contributed by atoms with Crippen molar-refractivity contribution in [3.63, 3.8) is 0 Å². The molecule has 1 unspecified atom stereocenters. The third-order valence-corrected chi connectivity index (χ3v) is 3.82. The summed E-state index contributed by atoms with van der Waals surface area (Å²) >= 11 is 0. The Hall–Kier alpha value is -1.79. The first-order valence-corrected chi connectivity index (χ1v) is 7.47. The third kappa shape index (κ3) is 3.90. The van der Waals surface area contributed by atoms with Gasteiger partial charge in [0.15, 0.2) is 0 Å². The van der Waals surface area contributed by atoms with Crippen molar-refractivity contribution in [1.82, 2.24) is 9.80 Å². The molecule has 0 aromatic heterocycles. The summed E-state index contributed by atoms with van der Waals surface area (Å²) < 4.78 is 10.5. The van der Waals surface area contributed by atoms with Crippen LogP contribution in [0.25, 0.3) is 0 Å². The zero-order valence-electron chi connectivity index (χ0n) is 13.4. The molecule has 6 nitrogen and oxygen atoms in total. The van der Waals surface area contributed by atoms with Crippen molar-refractivity contribution in [3.05, 3.63) is 23.8 Å². The molecule has 6 heteroatoms. The maximum atomic E-state index is 12.6. The van der Waals surface area contributed by atoms with Crippen molar-refractivity contribution in [2.75, 3.05) is 46.9 Å². The first-order chi connectivity index (χ1) is 10.5. The standard InChI is InChI=1S/C16H24N2O4/c1-12(19)11-17-6-8-18(9-7-17)16(20)14-5-4-13(21-2)10-15(14)22-3/h4-5,10,12,19H,6-9,11H2,1-3H3. The van der Waals surface area contributed by atoms with E-state index in [2.05, 4.69) is 4.90 Å². The number of hydrogen-bond acceptors (Lipinski definition) is 5. The molecule has 1 aromatic carbocycles. The van der Waals surface area contributed by atoms with E-state index < -0.39 is 0 Å². The van der Waals surface area contributed by atoms with Crippen LogP contribution in [0.1, 0.15) is 17.3 Å². The Morgan fingerprint density at radius 2 is 1.91 bits per heavy atom. The number of rotatable bonds is 5. The highest BCUT2D eigenvalue weighted by atomic mass is 16.5. The Morgan fingerprint density at radius 3 is 2.45 bits per heavy atom. The molecule has 1 aliphatic rings. The minimum atomic E-state index is -0.344. The fourth-order valence-electron chi connectivity index (χ4n) is 2.65. The van der Waals surface area contributed by atoms with Crippen LogP contribution in [0.15, 0.2) is 18.2 Å². The molecule has 1 N–H and O–H groups in total. The predicted molar refractivity (Wildman–Crippen MR) is 83.6 cm³/mol. The van der Waals surface area contributed by atoms with Gasteiger partial charge >= 0.3 is 0 Å². The number of benzene rings is 1. The van der Waals surface area contributed by atoms with Gasteiger partial charge in [-0.3, -0.25) is 9.69 Å². The molecule has 1 aromatic rings. The zero-order valence-corrected chi connectivity index (χ0v) is 13.4. The van der Waals surface area contributed by atoms with Crippen LogP contribution in [-0.4, -0.2) is 73.9 Å². The lowest BCUT2D eigenvalue weighted by atomic mass is 10.1. The molecule has 0 bridgehead atoms. The van der Waals surface area contributed by atoms with Gasteiger partial charge in [0.05, 0.1) is 25.9 Å². The lowest BCUT2D eigenvalue weighted by molar-refractivity contribution is 0.0551. The summed E-state index contributed by atoms with van der Waals surface area (Å²) in [5.74, 6) is 1.15. The van der Waals surface area contributed by atoms with Crippen LogP contribution in [-0.2, 0) is 0 Å². The summed E-state index contributed by atoms with van der Waals surface area (Å²) in [4.78, 5) is 16.6. The van der Waals surface area contributed by atoms with Crippen molar-refractivity contribution in [1.29, 1.82) is 0 Å². The number of nitrogens with zero attached hydrogens (tertiary/aromatic N) is 2. The quantitative estimate of drug-likeness (QED) is 0.873. The Balaban J connectivity index is 2.04. The summed E-state index contributed by atoms with van der Waals surface area (Å²) in [6.07, 6.45) is -0.344. The molecule has 2 rings (SSSR count). The number of aliphatic hydroxyl groups excluding tert-OH is 1. The molecule has 1 heterocycles. The molecule has 1 fully saturated rings. The van der Waals surface area contributed by atoms with Crippen LogP contribution in [0.3, 0.4) is 0 Å². The minimum absolute atomic E-state index is 0.0313. The van der Waals surface area contributed by atoms with Gasteiger partial charge in [-0.1, -0.05) is 0 Å². The highest BCUT2D eigenvalue weighted by molar-refractivity contribution is 5.97. The maximum Gasteiger partial charge on any atom is 0.257 e. The van der Waals surface area contributed by atoms with Gasteiger partial charge in [0.25, 0.3) is 5.91 Å². The topological polar surface area (TPSA) is 62.2 Å². The smallest absolute Gasteiger partial charge is 0.257 e. The van der Waals surface area contributed by atoms with E-state index in [-0.39, 0.29) is 12.0 Å². The molecular weight excluding hydrogens is 284 g/mol. The number of carbonyl (C=O) groups is 1. The normalized spacial score (nSPS) is 17.2. The van der Waals surface area contributed by atoms with E-state index in [1.54, 1.807) is 39.3 Å². The van der Waals surface area contributed by atoms with Crippen molar-refractivity contribution >= 4 is 5.91 Å². The van der Waals surface area contributed by atoms with Crippen LogP contribution in [0.5, 0.6) is 11.5 Å². The van der Waals surface area contributed by atoms with Gasteiger partial charge in [-0.15, -0.1) is 0 Å². The van der Waals surface area contributed by atoms with Gasteiger partial charge in [-0.25, -0.2) is 0 Å². The molecule has 1 atom stereocenters. The second-order valence-electron chi connectivity index (χ2n) is 5.51. The molecule has 1 amide bonds.